The molecule has 1 aromatic carbocycles. The number of rotatable bonds is 5. The Morgan fingerprint density at radius 2 is 1.79 bits per heavy atom. The van der Waals surface area contributed by atoms with Crippen molar-refractivity contribution in [1.82, 2.24) is 20.4 Å². The minimum Gasteiger partial charge on any atom is -0.338 e. The van der Waals surface area contributed by atoms with Crippen LogP contribution in [0.15, 0.2) is 30.3 Å². The van der Waals surface area contributed by atoms with Crippen LogP contribution in [0.2, 0.25) is 0 Å². The number of hydrogen-bond donors (Lipinski definition) is 2. The number of benzene rings is 1. The highest BCUT2D eigenvalue weighted by Gasteiger charge is 2.27. The number of carbonyl (C=O) groups excluding carboxylic acids is 1. The summed E-state index contributed by atoms with van der Waals surface area (Å²) in [5, 5.41) is 6.72. The van der Waals surface area contributed by atoms with Crippen LogP contribution >= 0.6 is 0 Å². The SMILES string of the molecule is CCNC(=O)N1CCC(N[C@H]2CCN(Cc3ccccc3)C2)CC1. The van der Waals surface area contributed by atoms with Crippen LogP contribution in [0.3, 0.4) is 0 Å². The first kappa shape index (κ1) is 17.2. The van der Waals surface area contributed by atoms with Crippen molar-refractivity contribution in [3.05, 3.63) is 35.9 Å². The summed E-state index contributed by atoms with van der Waals surface area (Å²) in [4.78, 5) is 16.3. The van der Waals surface area contributed by atoms with Gasteiger partial charge in [0.25, 0.3) is 0 Å². The molecule has 0 aromatic heterocycles. The lowest BCUT2D eigenvalue weighted by Crippen LogP contribution is -2.50. The minimum atomic E-state index is 0.0888. The molecule has 2 fully saturated rings. The van der Waals surface area contributed by atoms with Crippen LogP contribution in [0, 0.1) is 0 Å². The van der Waals surface area contributed by atoms with E-state index in [9.17, 15) is 4.79 Å². The Labute approximate surface area is 145 Å². The maximum absolute atomic E-state index is 11.9. The van der Waals surface area contributed by atoms with Gasteiger partial charge in [0, 0.05) is 51.4 Å². The number of amides is 2. The van der Waals surface area contributed by atoms with E-state index in [1.165, 1.54) is 18.5 Å². The predicted octanol–water partition coefficient (Wildman–Crippen LogP) is 2.04. The Morgan fingerprint density at radius 3 is 2.50 bits per heavy atom. The number of urea groups is 1. The molecule has 0 unspecified atom stereocenters. The second-order valence-corrected chi connectivity index (χ2v) is 6.97. The van der Waals surface area contributed by atoms with Crippen LogP contribution < -0.4 is 10.6 Å². The first-order valence-corrected chi connectivity index (χ1v) is 9.29. The molecule has 2 N–H and O–H groups in total. The van der Waals surface area contributed by atoms with Crippen LogP contribution in [0.4, 0.5) is 4.79 Å². The summed E-state index contributed by atoms with van der Waals surface area (Å²) in [6, 6.07) is 12.0. The van der Waals surface area contributed by atoms with Gasteiger partial charge in [0.1, 0.15) is 0 Å². The van der Waals surface area contributed by atoms with E-state index in [1.54, 1.807) is 0 Å². The third-order valence-corrected chi connectivity index (χ3v) is 5.10. The van der Waals surface area contributed by atoms with Gasteiger partial charge in [-0.1, -0.05) is 30.3 Å². The number of piperidine rings is 1. The number of hydrogen-bond acceptors (Lipinski definition) is 3. The Balaban J connectivity index is 1.38. The third-order valence-electron chi connectivity index (χ3n) is 5.10. The zero-order chi connectivity index (χ0) is 16.8. The molecule has 24 heavy (non-hydrogen) atoms. The van der Waals surface area contributed by atoms with Crippen LogP contribution in [-0.4, -0.2) is 60.6 Å². The molecule has 2 aliphatic heterocycles. The van der Waals surface area contributed by atoms with Crippen molar-refractivity contribution >= 4 is 6.03 Å². The Morgan fingerprint density at radius 1 is 1.08 bits per heavy atom. The minimum absolute atomic E-state index is 0.0888. The zero-order valence-electron chi connectivity index (χ0n) is 14.7. The summed E-state index contributed by atoms with van der Waals surface area (Å²) < 4.78 is 0. The number of nitrogens with zero attached hydrogens (tertiary/aromatic N) is 2. The first-order chi connectivity index (χ1) is 11.7. The monoisotopic (exact) mass is 330 g/mol. The maximum atomic E-state index is 11.9. The van der Waals surface area contributed by atoms with E-state index in [1.807, 2.05) is 11.8 Å². The van der Waals surface area contributed by atoms with E-state index in [-0.39, 0.29) is 6.03 Å². The van der Waals surface area contributed by atoms with Gasteiger partial charge in [0.15, 0.2) is 0 Å². The van der Waals surface area contributed by atoms with Gasteiger partial charge < -0.3 is 15.5 Å². The second kappa shape index (κ2) is 8.49. The quantitative estimate of drug-likeness (QED) is 0.869. The van der Waals surface area contributed by atoms with E-state index >= 15 is 0 Å². The normalized spacial score (nSPS) is 22.7. The molecule has 5 heteroatoms. The molecular formula is C19H30N4O. The molecule has 0 aliphatic carbocycles. The van der Waals surface area contributed by atoms with Crippen molar-refractivity contribution in [1.29, 1.82) is 0 Å². The standard InChI is InChI=1S/C19H30N4O/c1-2-20-19(24)23-12-9-17(10-13-23)21-18-8-11-22(15-18)14-16-6-4-3-5-7-16/h3-7,17-18,21H,2,8-15H2,1H3,(H,20,24)/t18-/m0/s1. The lowest BCUT2D eigenvalue weighted by atomic mass is 10.0. The number of nitrogens with one attached hydrogen (secondary N) is 2. The highest BCUT2D eigenvalue weighted by atomic mass is 16.2. The largest absolute Gasteiger partial charge is 0.338 e. The van der Waals surface area contributed by atoms with Gasteiger partial charge in [-0.3, -0.25) is 4.90 Å². The summed E-state index contributed by atoms with van der Waals surface area (Å²) in [5.41, 5.74) is 1.40. The van der Waals surface area contributed by atoms with E-state index in [2.05, 4.69) is 45.9 Å². The Bertz CT molecular complexity index is 513. The lowest BCUT2D eigenvalue weighted by molar-refractivity contribution is 0.174. The smallest absolute Gasteiger partial charge is 0.317 e. The van der Waals surface area contributed by atoms with Crippen LogP contribution in [0.1, 0.15) is 31.7 Å². The highest BCUT2D eigenvalue weighted by molar-refractivity contribution is 5.74. The fraction of sp³-hybridized carbons (Fsp3) is 0.632. The van der Waals surface area contributed by atoms with E-state index in [0.717, 1.165) is 39.0 Å². The molecule has 3 rings (SSSR count). The summed E-state index contributed by atoms with van der Waals surface area (Å²) in [6.45, 7) is 7.75. The molecule has 2 amide bonds. The van der Waals surface area contributed by atoms with Crippen molar-refractivity contribution in [2.75, 3.05) is 32.7 Å². The Hall–Kier alpha value is -1.59. The molecule has 2 heterocycles. The van der Waals surface area contributed by atoms with Gasteiger partial charge in [-0.2, -0.15) is 0 Å². The summed E-state index contributed by atoms with van der Waals surface area (Å²) >= 11 is 0. The molecule has 5 nitrogen and oxygen atoms in total. The number of carbonyl (C=O) groups is 1. The van der Waals surface area contributed by atoms with Crippen molar-refractivity contribution in [2.45, 2.75) is 44.8 Å². The van der Waals surface area contributed by atoms with Crippen molar-refractivity contribution in [3.63, 3.8) is 0 Å². The van der Waals surface area contributed by atoms with Crippen molar-refractivity contribution in [3.8, 4) is 0 Å². The van der Waals surface area contributed by atoms with Crippen molar-refractivity contribution < 1.29 is 4.79 Å². The fourth-order valence-electron chi connectivity index (χ4n) is 3.80. The Kier molecular flexibility index (Phi) is 6.10. The molecular weight excluding hydrogens is 300 g/mol. The molecule has 0 saturated carbocycles. The number of likely N-dealkylation sites (tertiary alicyclic amines) is 2. The highest BCUT2D eigenvalue weighted by Crippen LogP contribution is 2.17. The van der Waals surface area contributed by atoms with Crippen molar-refractivity contribution in [2.24, 2.45) is 0 Å². The van der Waals surface area contributed by atoms with Gasteiger partial charge in [0.05, 0.1) is 0 Å². The average molecular weight is 330 g/mol. The molecule has 132 valence electrons. The van der Waals surface area contributed by atoms with Crippen LogP contribution in [0.5, 0.6) is 0 Å². The molecule has 1 atom stereocenters. The second-order valence-electron chi connectivity index (χ2n) is 6.97. The summed E-state index contributed by atoms with van der Waals surface area (Å²) in [6.07, 6.45) is 3.35. The zero-order valence-corrected chi connectivity index (χ0v) is 14.7. The lowest BCUT2D eigenvalue weighted by Gasteiger charge is -2.33. The van der Waals surface area contributed by atoms with E-state index in [0.29, 0.717) is 18.6 Å². The molecule has 0 spiro atoms. The van der Waals surface area contributed by atoms with Gasteiger partial charge >= 0.3 is 6.03 Å². The third kappa shape index (κ3) is 4.71. The summed E-state index contributed by atoms with van der Waals surface area (Å²) in [5.74, 6) is 0. The molecule has 2 saturated heterocycles. The summed E-state index contributed by atoms with van der Waals surface area (Å²) in [7, 11) is 0. The van der Waals surface area contributed by atoms with Gasteiger partial charge in [-0.15, -0.1) is 0 Å². The van der Waals surface area contributed by atoms with Crippen LogP contribution in [0.25, 0.3) is 0 Å². The van der Waals surface area contributed by atoms with E-state index in [4.69, 9.17) is 0 Å². The predicted molar refractivity (Wildman–Crippen MR) is 96.9 cm³/mol. The molecule has 2 aliphatic rings. The van der Waals surface area contributed by atoms with Gasteiger partial charge in [-0.05, 0) is 31.7 Å². The van der Waals surface area contributed by atoms with Gasteiger partial charge in [-0.25, -0.2) is 4.79 Å². The maximum Gasteiger partial charge on any atom is 0.317 e. The average Bonchev–Trinajstić information content (AvgIpc) is 3.03. The first-order valence-electron chi connectivity index (χ1n) is 9.29. The molecule has 0 bridgehead atoms. The van der Waals surface area contributed by atoms with Gasteiger partial charge in [0.2, 0.25) is 0 Å². The molecule has 1 aromatic rings. The molecule has 0 radical (unpaired) electrons. The fourth-order valence-corrected chi connectivity index (χ4v) is 3.80. The van der Waals surface area contributed by atoms with Crippen LogP contribution in [-0.2, 0) is 6.54 Å². The van der Waals surface area contributed by atoms with E-state index < -0.39 is 0 Å². The topological polar surface area (TPSA) is 47.6 Å².